The number of ether oxygens (including phenoxy) is 2. The molecule has 2 aromatic carbocycles. The van der Waals surface area contributed by atoms with Crippen molar-refractivity contribution in [3.05, 3.63) is 58.1 Å². The zero-order chi connectivity index (χ0) is 24.4. The lowest BCUT2D eigenvalue weighted by Crippen LogP contribution is -2.50. The van der Waals surface area contributed by atoms with Gasteiger partial charge >= 0.3 is 0 Å². The highest BCUT2D eigenvalue weighted by molar-refractivity contribution is 6.36. The molecular formula is C25H32Cl2N2O4. The molecule has 0 fully saturated rings. The molecule has 0 heterocycles. The Morgan fingerprint density at radius 3 is 2.18 bits per heavy atom. The summed E-state index contributed by atoms with van der Waals surface area (Å²) in [5.41, 5.74) is 0.625. The maximum absolute atomic E-state index is 13.2. The predicted molar refractivity (Wildman–Crippen MR) is 132 cm³/mol. The van der Waals surface area contributed by atoms with Crippen LogP contribution in [0.4, 0.5) is 0 Å². The monoisotopic (exact) mass is 494 g/mol. The van der Waals surface area contributed by atoms with Gasteiger partial charge in [0.15, 0.2) is 0 Å². The first kappa shape index (κ1) is 26.8. The summed E-state index contributed by atoms with van der Waals surface area (Å²) >= 11 is 12.7. The van der Waals surface area contributed by atoms with Crippen molar-refractivity contribution in [2.45, 2.75) is 58.7 Å². The molecule has 1 atom stereocenters. The van der Waals surface area contributed by atoms with Crippen LogP contribution in [0.5, 0.6) is 11.5 Å². The molecule has 0 aliphatic heterocycles. The number of nitrogens with zero attached hydrogens (tertiary/aromatic N) is 1. The van der Waals surface area contributed by atoms with Crippen molar-refractivity contribution in [1.29, 1.82) is 0 Å². The summed E-state index contributed by atoms with van der Waals surface area (Å²) in [6, 6.07) is 11.8. The summed E-state index contributed by atoms with van der Waals surface area (Å²) in [5.74, 6) is 1.09. The Labute approximate surface area is 206 Å². The molecule has 0 saturated heterocycles. The number of nitrogens with one attached hydrogen (secondary N) is 1. The average Bonchev–Trinajstić information content (AvgIpc) is 2.78. The second kappa shape index (κ2) is 13.3. The van der Waals surface area contributed by atoms with E-state index in [-0.39, 0.29) is 30.8 Å². The number of carbonyl (C=O) groups excluding carboxylic acids is 2. The third-order valence-electron chi connectivity index (χ3n) is 5.07. The van der Waals surface area contributed by atoms with Crippen LogP contribution in [0.25, 0.3) is 0 Å². The van der Waals surface area contributed by atoms with E-state index in [2.05, 4.69) is 5.32 Å². The summed E-state index contributed by atoms with van der Waals surface area (Å²) in [6.07, 6.45) is 1.19. The first-order valence-corrected chi connectivity index (χ1v) is 11.8. The van der Waals surface area contributed by atoms with E-state index in [0.29, 0.717) is 40.8 Å². The number of carbonyl (C=O) groups is 2. The van der Waals surface area contributed by atoms with Gasteiger partial charge in [0, 0.05) is 34.6 Å². The summed E-state index contributed by atoms with van der Waals surface area (Å²) in [7, 11) is 1.61. The summed E-state index contributed by atoms with van der Waals surface area (Å²) in [6.45, 7) is 6.18. The van der Waals surface area contributed by atoms with E-state index in [1.165, 1.54) is 0 Å². The zero-order valence-corrected chi connectivity index (χ0v) is 21.1. The Morgan fingerprint density at radius 1 is 1.03 bits per heavy atom. The first-order valence-electron chi connectivity index (χ1n) is 11.1. The SMILES string of the molecule is CCC(C(=O)NC(C)C)N(Cc1c(Cl)cccc1Cl)C(=O)CCCOc1ccc(OC)cc1. The number of amides is 2. The zero-order valence-electron chi connectivity index (χ0n) is 19.6. The van der Waals surface area contributed by atoms with E-state index < -0.39 is 6.04 Å². The molecule has 33 heavy (non-hydrogen) atoms. The van der Waals surface area contributed by atoms with E-state index in [4.69, 9.17) is 32.7 Å². The van der Waals surface area contributed by atoms with E-state index in [0.717, 1.165) is 5.75 Å². The number of methoxy groups -OCH3 is 1. The minimum atomic E-state index is -0.630. The lowest BCUT2D eigenvalue weighted by Gasteiger charge is -2.31. The molecule has 8 heteroatoms. The molecule has 0 aliphatic rings. The lowest BCUT2D eigenvalue weighted by molar-refractivity contribution is -0.141. The first-order chi connectivity index (χ1) is 15.8. The van der Waals surface area contributed by atoms with Crippen LogP contribution in [0, 0.1) is 0 Å². The fraction of sp³-hybridized carbons (Fsp3) is 0.440. The standard InChI is InChI=1S/C25H32Cl2N2O4/c1-5-23(25(31)28-17(2)3)29(16-20-21(26)8-6-9-22(20)27)24(30)10-7-15-33-19-13-11-18(32-4)12-14-19/h6,8-9,11-14,17,23H,5,7,10,15-16H2,1-4H3,(H,28,31). The lowest BCUT2D eigenvalue weighted by atomic mass is 10.1. The third-order valence-corrected chi connectivity index (χ3v) is 5.78. The van der Waals surface area contributed by atoms with Gasteiger partial charge < -0.3 is 19.7 Å². The Hall–Kier alpha value is -2.44. The number of halogens is 2. The van der Waals surface area contributed by atoms with Gasteiger partial charge in [-0.25, -0.2) is 0 Å². The van der Waals surface area contributed by atoms with Gasteiger partial charge in [0.05, 0.1) is 13.7 Å². The van der Waals surface area contributed by atoms with Crippen LogP contribution < -0.4 is 14.8 Å². The van der Waals surface area contributed by atoms with Crippen LogP contribution in [0.1, 0.15) is 45.6 Å². The molecule has 0 saturated carbocycles. The van der Waals surface area contributed by atoms with E-state index in [1.54, 1.807) is 30.2 Å². The molecule has 0 bridgehead atoms. The van der Waals surface area contributed by atoms with Crippen molar-refractivity contribution in [3.63, 3.8) is 0 Å². The van der Waals surface area contributed by atoms with Crippen LogP contribution in [0.3, 0.4) is 0 Å². The number of rotatable bonds is 12. The number of benzene rings is 2. The van der Waals surface area contributed by atoms with Gasteiger partial charge in [-0.3, -0.25) is 9.59 Å². The van der Waals surface area contributed by atoms with Gasteiger partial charge in [-0.15, -0.1) is 0 Å². The maximum Gasteiger partial charge on any atom is 0.243 e. The molecular weight excluding hydrogens is 463 g/mol. The van der Waals surface area contributed by atoms with Crippen molar-refractivity contribution < 1.29 is 19.1 Å². The Balaban J connectivity index is 2.10. The Bertz CT molecular complexity index is 899. The Kier molecular flexibility index (Phi) is 10.8. The number of hydrogen-bond donors (Lipinski definition) is 1. The van der Waals surface area contributed by atoms with Crippen molar-refractivity contribution in [1.82, 2.24) is 10.2 Å². The van der Waals surface area contributed by atoms with Crippen molar-refractivity contribution in [2.75, 3.05) is 13.7 Å². The molecule has 0 spiro atoms. The van der Waals surface area contributed by atoms with Crippen LogP contribution >= 0.6 is 23.2 Å². The van der Waals surface area contributed by atoms with Gasteiger partial charge in [0.25, 0.3) is 0 Å². The molecule has 0 aromatic heterocycles. The third kappa shape index (κ3) is 8.13. The van der Waals surface area contributed by atoms with Crippen LogP contribution in [-0.4, -0.2) is 42.5 Å². The quantitative estimate of drug-likeness (QED) is 0.396. The second-order valence-corrected chi connectivity index (χ2v) is 8.75. The molecule has 1 unspecified atom stereocenters. The van der Waals surface area contributed by atoms with Crippen LogP contribution in [-0.2, 0) is 16.1 Å². The van der Waals surface area contributed by atoms with E-state index >= 15 is 0 Å². The molecule has 6 nitrogen and oxygen atoms in total. The summed E-state index contributed by atoms with van der Waals surface area (Å²) in [4.78, 5) is 27.7. The molecule has 0 radical (unpaired) electrons. The maximum atomic E-state index is 13.2. The Morgan fingerprint density at radius 2 is 1.64 bits per heavy atom. The van der Waals surface area contributed by atoms with Crippen LogP contribution in [0.15, 0.2) is 42.5 Å². The van der Waals surface area contributed by atoms with Crippen LogP contribution in [0.2, 0.25) is 10.0 Å². The highest BCUT2D eigenvalue weighted by atomic mass is 35.5. The van der Waals surface area contributed by atoms with Crippen molar-refractivity contribution in [2.24, 2.45) is 0 Å². The molecule has 0 aliphatic carbocycles. The normalized spacial score (nSPS) is 11.7. The fourth-order valence-corrected chi connectivity index (χ4v) is 3.90. The molecule has 2 rings (SSSR count). The van der Waals surface area contributed by atoms with Gasteiger partial charge in [-0.2, -0.15) is 0 Å². The summed E-state index contributed by atoms with van der Waals surface area (Å²) in [5, 5.41) is 3.83. The fourth-order valence-electron chi connectivity index (χ4n) is 3.38. The smallest absolute Gasteiger partial charge is 0.243 e. The topological polar surface area (TPSA) is 67.9 Å². The number of hydrogen-bond acceptors (Lipinski definition) is 4. The van der Waals surface area contributed by atoms with Gasteiger partial charge in [0.1, 0.15) is 17.5 Å². The second-order valence-electron chi connectivity index (χ2n) is 7.94. The predicted octanol–water partition coefficient (Wildman–Crippen LogP) is 5.49. The van der Waals surface area contributed by atoms with Gasteiger partial charge in [-0.05, 0) is 63.1 Å². The molecule has 1 N–H and O–H groups in total. The van der Waals surface area contributed by atoms with Crippen molar-refractivity contribution >= 4 is 35.0 Å². The highest BCUT2D eigenvalue weighted by Gasteiger charge is 2.29. The molecule has 180 valence electrons. The van der Waals surface area contributed by atoms with E-state index in [9.17, 15) is 9.59 Å². The van der Waals surface area contributed by atoms with E-state index in [1.807, 2.05) is 45.0 Å². The largest absolute Gasteiger partial charge is 0.497 e. The van der Waals surface area contributed by atoms with Gasteiger partial charge in [-0.1, -0.05) is 36.2 Å². The highest BCUT2D eigenvalue weighted by Crippen LogP contribution is 2.27. The minimum absolute atomic E-state index is 0.0368. The average molecular weight is 495 g/mol. The van der Waals surface area contributed by atoms with Gasteiger partial charge in [0.2, 0.25) is 11.8 Å². The minimum Gasteiger partial charge on any atom is -0.497 e. The molecule has 2 amide bonds. The summed E-state index contributed by atoms with van der Waals surface area (Å²) < 4.78 is 10.9. The molecule has 2 aromatic rings. The van der Waals surface area contributed by atoms with Crippen molar-refractivity contribution in [3.8, 4) is 11.5 Å².